The average molecular weight is 617 g/mol. The second kappa shape index (κ2) is 14.2. The summed E-state index contributed by atoms with van der Waals surface area (Å²) in [7, 11) is 0. The zero-order chi connectivity index (χ0) is 31.0. The molecule has 2 aromatic carbocycles. The molecule has 0 fully saturated rings. The van der Waals surface area contributed by atoms with Crippen molar-refractivity contribution in [1.29, 1.82) is 0 Å². The van der Waals surface area contributed by atoms with Gasteiger partial charge in [-0.25, -0.2) is 0 Å². The van der Waals surface area contributed by atoms with E-state index in [1.54, 1.807) is 11.3 Å². The van der Waals surface area contributed by atoms with Gasteiger partial charge in [-0.1, -0.05) is 56.4 Å². The summed E-state index contributed by atoms with van der Waals surface area (Å²) in [5, 5.41) is 2.56. The fraction of sp³-hybridized carbons (Fsp3) is 0.195. The van der Waals surface area contributed by atoms with E-state index in [1.807, 2.05) is 23.7 Å². The first-order valence-corrected chi connectivity index (χ1v) is 17.0. The van der Waals surface area contributed by atoms with Crippen LogP contribution in [0.4, 0.5) is 0 Å². The number of hydrogen-bond acceptors (Lipinski definition) is 3. The molecule has 4 heteroatoms. The number of aromatic nitrogens is 2. The zero-order valence-corrected chi connectivity index (χ0v) is 27.2. The van der Waals surface area contributed by atoms with Crippen LogP contribution in [0.3, 0.4) is 0 Å². The summed E-state index contributed by atoms with van der Waals surface area (Å²) in [6, 6.07) is 24.3. The molecule has 218 valence electrons. The summed E-state index contributed by atoms with van der Waals surface area (Å²) >= 11 is 3.64. The van der Waals surface area contributed by atoms with Crippen LogP contribution >= 0.6 is 22.7 Å². The van der Waals surface area contributed by atoms with Gasteiger partial charge in [0.25, 0.3) is 0 Å². The van der Waals surface area contributed by atoms with E-state index in [0.29, 0.717) is 0 Å². The molecule has 0 aliphatic rings. The van der Waals surface area contributed by atoms with Crippen LogP contribution in [-0.2, 0) is 13.0 Å². The normalized spacial score (nSPS) is 10.4. The van der Waals surface area contributed by atoms with Crippen molar-refractivity contribution < 1.29 is 0 Å². The van der Waals surface area contributed by atoms with Gasteiger partial charge in [0.05, 0.1) is 4.88 Å². The van der Waals surface area contributed by atoms with Crippen LogP contribution in [0, 0.1) is 47.9 Å². The van der Waals surface area contributed by atoms with E-state index in [9.17, 15) is 0 Å². The van der Waals surface area contributed by atoms with Gasteiger partial charge in [-0.05, 0) is 114 Å². The Balaban J connectivity index is 1.47. The fourth-order valence-electron chi connectivity index (χ4n) is 5.80. The minimum atomic E-state index is 0.929. The number of pyridine rings is 1. The molecule has 45 heavy (non-hydrogen) atoms. The molecule has 4 aromatic heterocycles. The van der Waals surface area contributed by atoms with Gasteiger partial charge in [-0.15, -0.1) is 29.1 Å². The van der Waals surface area contributed by atoms with Gasteiger partial charge in [-0.3, -0.25) is 4.98 Å². The summed E-state index contributed by atoms with van der Waals surface area (Å²) in [6.45, 7) is 5.39. The lowest BCUT2D eigenvalue weighted by Crippen LogP contribution is -1.92. The quantitative estimate of drug-likeness (QED) is 0.117. The number of nitrogens with zero attached hydrogens (tertiary/aromatic N) is 2. The van der Waals surface area contributed by atoms with Crippen molar-refractivity contribution in [2.45, 2.75) is 52.5 Å². The van der Waals surface area contributed by atoms with E-state index in [2.05, 4.69) is 132 Å². The van der Waals surface area contributed by atoms with Gasteiger partial charge in [0.2, 0.25) is 0 Å². The molecule has 0 aliphatic heterocycles. The first-order chi connectivity index (χ1) is 22.2. The topological polar surface area (TPSA) is 17.8 Å². The van der Waals surface area contributed by atoms with E-state index in [1.165, 1.54) is 83.7 Å². The van der Waals surface area contributed by atoms with Crippen LogP contribution in [0.25, 0.3) is 52.4 Å². The Hall–Kier alpha value is -4.97. The van der Waals surface area contributed by atoms with E-state index < -0.39 is 0 Å². The summed E-state index contributed by atoms with van der Waals surface area (Å²) < 4.78 is 2.39. The number of thiophene rings is 2. The smallest absolute Gasteiger partial charge is 0.0606 e. The molecule has 6 rings (SSSR count). The maximum Gasteiger partial charge on any atom is 0.0606 e. The number of fused-ring (bicyclic) bond motifs is 3. The van der Waals surface area contributed by atoms with E-state index in [0.717, 1.165) is 18.5 Å². The summed E-state index contributed by atoms with van der Waals surface area (Å²) in [6.07, 6.45) is 15.0. The second-order valence-corrected chi connectivity index (χ2v) is 12.9. The second-order valence-electron chi connectivity index (χ2n) is 10.8. The number of rotatable bonds is 9. The lowest BCUT2D eigenvalue weighted by Gasteiger charge is -2.03. The summed E-state index contributed by atoms with van der Waals surface area (Å²) in [5.74, 6) is 19.4. The van der Waals surface area contributed by atoms with Crippen molar-refractivity contribution in [3.63, 3.8) is 0 Å². The molecule has 0 saturated carbocycles. The number of benzene rings is 2. The van der Waals surface area contributed by atoms with Gasteiger partial charge < -0.3 is 4.57 Å². The molecule has 4 heterocycles. The number of aryl methyl sites for hydroxylation is 2. The molecule has 0 amide bonds. The number of terminal acetylenes is 1. The van der Waals surface area contributed by atoms with Crippen LogP contribution in [-0.4, -0.2) is 9.55 Å². The van der Waals surface area contributed by atoms with Gasteiger partial charge in [0.1, 0.15) is 0 Å². The first kappa shape index (κ1) is 30.1. The van der Waals surface area contributed by atoms with Crippen molar-refractivity contribution >= 4 is 44.5 Å². The molecular weight excluding hydrogens is 585 g/mol. The predicted octanol–water partition coefficient (Wildman–Crippen LogP) is 10.4. The highest BCUT2D eigenvalue weighted by Crippen LogP contribution is 2.45. The van der Waals surface area contributed by atoms with Crippen molar-refractivity contribution in [2.75, 3.05) is 0 Å². The van der Waals surface area contributed by atoms with Crippen LogP contribution in [0.1, 0.15) is 50.7 Å². The molecular formula is C41H32N2S2. The Morgan fingerprint density at radius 2 is 1.49 bits per heavy atom. The highest BCUT2D eigenvalue weighted by atomic mass is 32.1. The Labute approximate surface area is 274 Å². The number of para-hydroxylation sites is 1. The third-order valence-corrected chi connectivity index (χ3v) is 10.5. The van der Waals surface area contributed by atoms with Crippen LogP contribution in [0.2, 0.25) is 0 Å². The van der Waals surface area contributed by atoms with Crippen molar-refractivity contribution in [3.8, 4) is 78.5 Å². The third-order valence-electron chi connectivity index (χ3n) is 7.90. The van der Waals surface area contributed by atoms with Crippen LogP contribution in [0.5, 0.6) is 0 Å². The molecule has 0 spiro atoms. The predicted molar refractivity (Wildman–Crippen MR) is 194 cm³/mol. The lowest BCUT2D eigenvalue weighted by atomic mass is 10.0. The zero-order valence-electron chi connectivity index (χ0n) is 25.5. The molecule has 6 aromatic rings. The molecule has 0 bridgehead atoms. The molecule has 2 nitrogen and oxygen atoms in total. The maximum atomic E-state index is 5.22. The standard InChI is InChI=1S/C41H32N2S2/c1-4-7-9-11-12-14-18-33-28-38(31-21-22-37-35(27-31)34-19-15-16-20-36(34)43(37)6-3)44-41(33)39-29-32(17-13-10-8-5-2)40(45-39)30-23-25-42-26-24-30/h1,15-16,19-29H,5-6,8,10,13,17H2,2-3H3. The Morgan fingerprint density at radius 3 is 2.31 bits per heavy atom. The summed E-state index contributed by atoms with van der Waals surface area (Å²) in [5.41, 5.74) is 7.31. The number of hydrogen-bond donors (Lipinski definition) is 0. The Kier molecular flexibility index (Phi) is 9.50. The van der Waals surface area contributed by atoms with Crippen molar-refractivity contribution in [2.24, 2.45) is 0 Å². The SMILES string of the molecule is C#CC#CC#CC#Cc1cc(-c2ccc3c(c2)c2ccccc2n3CC)sc1-c1cc(CCCCCC)c(-c2ccncc2)s1. The lowest BCUT2D eigenvalue weighted by molar-refractivity contribution is 0.668. The van der Waals surface area contributed by atoms with Gasteiger partial charge in [0.15, 0.2) is 0 Å². The van der Waals surface area contributed by atoms with Gasteiger partial charge in [0, 0.05) is 60.9 Å². The largest absolute Gasteiger partial charge is 0.341 e. The molecule has 0 N–H and O–H groups in total. The van der Waals surface area contributed by atoms with Gasteiger partial charge in [-0.2, -0.15) is 0 Å². The van der Waals surface area contributed by atoms with Crippen molar-refractivity contribution in [3.05, 3.63) is 90.3 Å². The minimum absolute atomic E-state index is 0.929. The van der Waals surface area contributed by atoms with Crippen molar-refractivity contribution in [1.82, 2.24) is 9.55 Å². The van der Waals surface area contributed by atoms with Gasteiger partial charge >= 0.3 is 0 Å². The fourth-order valence-corrected chi connectivity index (χ4v) is 8.24. The molecule has 0 unspecified atom stereocenters. The Morgan fingerprint density at radius 1 is 0.711 bits per heavy atom. The molecule has 0 saturated heterocycles. The first-order valence-electron chi connectivity index (χ1n) is 15.4. The Bertz CT molecular complexity index is 2220. The molecule has 0 atom stereocenters. The minimum Gasteiger partial charge on any atom is -0.341 e. The van der Waals surface area contributed by atoms with E-state index >= 15 is 0 Å². The molecule has 0 aliphatic carbocycles. The van der Waals surface area contributed by atoms with Crippen LogP contribution in [0.15, 0.2) is 79.1 Å². The maximum absolute atomic E-state index is 5.22. The average Bonchev–Trinajstić information content (AvgIpc) is 3.78. The van der Waals surface area contributed by atoms with E-state index in [4.69, 9.17) is 6.42 Å². The third kappa shape index (κ3) is 6.46. The molecule has 0 radical (unpaired) electrons. The van der Waals surface area contributed by atoms with E-state index in [-0.39, 0.29) is 0 Å². The number of unbranched alkanes of at least 4 members (excludes halogenated alkanes) is 3. The monoisotopic (exact) mass is 616 g/mol. The van der Waals surface area contributed by atoms with Crippen LogP contribution < -0.4 is 0 Å². The highest BCUT2D eigenvalue weighted by Gasteiger charge is 2.19. The summed E-state index contributed by atoms with van der Waals surface area (Å²) in [4.78, 5) is 9.17. The highest BCUT2D eigenvalue weighted by molar-refractivity contribution is 7.25.